The van der Waals surface area contributed by atoms with Gasteiger partial charge in [0, 0.05) is 6.54 Å². The van der Waals surface area contributed by atoms with Crippen LogP contribution in [0.2, 0.25) is 0 Å². The van der Waals surface area contributed by atoms with Crippen LogP contribution in [0.4, 0.5) is 0 Å². The molecule has 0 saturated heterocycles. The van der Waals surface area contributed by atoms with E-state index in [1.807, 2.05) is 18.9 Å². The second-order valence-corrected chi connectivity index (χ2v) is 3.49. The van der Waals surface area contributed by atoms with Crippen molar-refractivity contribution in [3.05, 3.63) is 0 Å². The zero-order chi connectivity index (χ0) is 11.1. The summed E-state index contributed by atoms with van der Waals surface area (Å²) in [6.45, 7) is 2.96. The first kappa shape index (κ1) is 13.8. The molecule has 5 heteroatoms. The minimum atomic E-state index is -1.27. The summed E-state index contributed by atoms with van der Waals surface area (Å²) in [7, 11) is 1.90. The summed E-state index contributed by atoms with van der Waals surface area (Å²) in [5, 5.41) is 36.3. The standard InChI is InChI=1S/C9H21NO4/c1-3-10(2)5-4-7(12)9(14)8(13)6-11/h7-9,11-14H,3-6H2,1-2H3. The Bertz CT molecular complexity index is 145. The van der Waals surface area contributed by atoms with E-state index in [4.69, 9.17) is 10.2 Å². The van der Waals surface area contributed by atoms with E-state index in [0.717, 1.165) is 6.54 Å². The molecule has 0 aromatic heterocycles. The van der Waals surface area contributed by atoms with Gasteiger partial charge in [-0.1, -0.05) is 6.92 Å². The van der Waals surface area contributed by atoms with Crippen LogP contribution < -0.4 is 0 Å². The van der Waals surface area contributed by atoms with Gasteiger partial charge >= 0.3 is 0 Å². The smallest absolute Gasteiger partial charge is 0.108 e. The number of aliphatic hydroxyl groups is 4. The molecule has 0 amide bonds. The van der Waals surface area contributed by atoms with Gasteiger partial charge in [0.2, 0.25) is 0 Å². The van der Waals surface area contributed by atoms with Gasteiger partial charge in [-0.15, -0.1) is 0 Å². The van der Waals surface area contributed by atoms with Crippen molar-refractivity contribution in [2.75, 3.05) is 26.7 Å². The van der Waals surface area contributed by atoms with Gasteiger partial charge in [-0.3, -0.25) is 0 Å². The molecule has 0 rings (SSSR count). The van der Waals surface area contributed by atoms with Gasteiger partial charge < -0.3 is 25.3 Å². The predicted molar refractivity (Wildman–Crippen MR) is 52.9 cm³/mol. The van der Waals surface area contributed by atoms with Crippen LogP contribution in [0, 0.1) is 0 Å². The SMILES string of the molecule is CCN(C)CCC(O)C(O)C(O)CO. The zero-order valence-corrected chi connectivity index (χ0v) is 8.80. The van der Waals surface area contributed by atoms with Gasteiger partial charge in [0.25, 0.3) is 0 Å². The fourth-order valence-corrected chi connectivity index (χ4v) is 1.05. The van der Waals surface area contributed by atoms with E-state index >= 15 is 0 Å². The van der Waals surface area contributed by atoms with Gasteiger partial charge in [0.15, 0.2) is 0 Å². The van der Waals surface area contributed by atoms with E-state index in [-0.39, 0.29) is 0 Å². The third kappa shape index (κ3) is 4.88. The molecule has 3 unspecified atom stereocenters. The van der Waals surface area contributed by atoms with E-state index in [2.05, 4.69) is 0 Å². The minimum absolute atomic E-state index is 0.378. The molecule has 14 heavy (non-hydrogen) atoms. The Labute approximate surface area is 84.6 Å². The van der Waals surface area contributed by atoms with Crippen LogP contribution >= 0.6 is 0 Å². The number of rotatable bonds is 7. The molecular weight excluding hydrogens is 186 g/mol. The maximum absolute atomic E-state index is 9.42. The highest BCUT2D eigenvalue weighted by Gasteiger charge is 2.23. The lowest BCUT2D eigenvalue weighted by molar-refractivity contribution is -0.0795. The summed E-state index contributed by atoms with van der Waals surface area (Å²) in [5.74, 6) is 0. The number of hydrogen-bond acceptors (Lipinski definition) is 5. The normalized spacial score (nSPS) is 18.2. The Hall–Kier alpha value is -0.200. The van der Waals surface area contributed by atoms with E-state index in [1.165, 1.54) is 0 Å². The van der Waals surface area contributed by atoms with E-state index in [0.29, 0.717) is 13.0 Å². The van der Waals surface area contributed by atoms with Crippen LogP contribution in [0.15, 0.2) is 0 Å². The fraction of sp³-hybridized carbons (Fsp3) is 1.00. The molecule has 86 valence electrons. The topological polar surface area (TPSA) is 84.2 Å². The number of nitrogens with zero attached hydrogens (tertiary/aromatic N) is 1. The molecule has 0 aliphatic carbocycles. The summed E-state index contributed by atoms with van der Waals surface area (Å²) in [4.78, 5) is 1.99. The molecule has 0 heterocycles. The first-order chi connectivity index (χ1) is 6.52. The quantitative estimate of drug-likeness (QED) is 0.404. The van der Waals surface area contributed by atoms with Crippen molar-refractivity contribution in [3.63, 3.8) is 0 Å². The molecule has 4 N–H and O–H groups in total. The molecule has 0 aliphatic rings. The summed E-state index contributed by atoms with van der Waals surface area (Å²) < 4.78 is 0. The van der Waals surface area contributed by atoms with Gasteiger partial charge in [-0.05, 0) is 20.0 Å². The first-order valence-electron chi connectivity index (χ1n) is 4.86. The Morgan fingerprint density at radius 1 is 1.14 bits per heavy atom. The highest BCUT2D eigenvalue weighted by Crippen LogP contribution is 2.04. The Morgan fingerprint density at radius 2 is 1.71 bits per heavy atom. The molecule has 0 fully saturated rings. The summed E-state index contributed by atoms with van der Waals surface area (Å²) >= 11 is 0. The highest BCUT2D eigenvalue weighted by molar-refractivity contribution is 4.75. The monoisotopic (exact) mass is 207 g/mol. The molecule has 0 saturated carbocycles. The minimum Gasteiger partial charge on any atom is -0.394 e. The molecular formula is C9H21NO4. The fourth-order valence-electron chi connectivity index (χ4n) is 1.05. The molecule has 0 aromatic rings. The second kappa shape index (κ2) is 7.14. The molecule has 0 radical (unpaired) electrons. The lowest BCUT2D eigenvalue weighted by Gasteiger charge is -2.23. The van der Waals surface area contributed by atoms with Crippen LogP contribution in [0.25, 0.3) is 0 Å². The average molecular weight is 207 g/mol. The van der Waals surface area contributed by atoms with Crippen molar-refractivity contribution in [3.8, 4) is 0 Å². The predicted octanol–water partition coefficient (Wildman–Crippen LogP) is -1.60. The number of hydrogen-bond donors (Lipinski definition) is 4. The molecule has 0 aromatic carbocycles. The van der Waals surface area contributed by atoms with Crippen LogP contribution in [0.5, 0.6) is 0 Å². The second-order valence-electron chi connectivity index (χ2n) is 3.49. The van der Waals surface area contributed by atoms with E-state index in [1.54, 1.807) is 0 Å². The summed E-state index contributed by atoms with van der Waals surface area (Å²) in [5.41, 5.74) is 0. The van der Waals surface area contributed by atoms with Crippen molar-refractivity contribution < 1.29 is 20.4 Å². The molecule has 3 atom stereocenters. The highest BCUT2D eigenvalue weighted by atomic mass is 16.4. The van der Waals surface area contributed by atoms with Crippen LogP contribution in [0.3, 0.4) is 0 Å². The van der Waals surface area contributed by atoms with Crippen LogP contribution in [0.1, 0.15) is 13.3 Å². The van der Waals surface area contributed by atoms with Crippen molar-refractivity contribution in [2.45, 2.75) is 31.7 Å². The van der Waals surface area contributed by atoms with Gasteiger partial charge in [-0.2, -0.15) is 0 Å². The molecule has 5 nitrogen and oxygen atoms in total. The summed E-state index contributed by atoms with van der Waals surface area (Å²) in [6, 6.07) is 0. The van der Waals surface area contributed by atoms with Gasteiger partial charge in [0.1, 0.15) is 12.2 Å². The zero-order valence-electron chi connectivity index (χ0n) is 8.80. The largest absolute Gasteiger partial charge is 0.394 e. The van der Waals surface area contributed by atoms with Gasteiger partial charge in [-0.25, -0.2) is 0 Å². The lowest BCUT2D eigenvalue weighted by atomic mass is 10.1. The van der Waals surface area contributed by atoms with E-state index in [9.17, 15) is 10.2 Å². The lowest BCUT2D eigenvalue weighted by Crippen LogP contribution is -2.41. The molecule has 0 spiro atoms. The average Bonchev–Trinajstić information content (AvgIpc) is 2.22. The van der Waals surface area contributed by atoms with Crippen molar-refractivity contribution in [2.24, 2.45) is 0 Å². The Kier molecular flexibility index (Phi) is 7.04. The van der Waals surface area contributed by atoms with Crippen molar-refractivity contribution in [1.82, 2.24) is 4.90 Å². The maximum Gasteiger partial charge on any atom is 0.108 e. The third-order valence-corrected chi connectivity index (χ3v) is 2.32. The summed E-state index contributed by atoms with van der Waals surface area (Å²) in [6.07, 6.45) is -3.16. The first-order valence-corrected chi connectivity index (χ1v) is 4.86. The third-order valence-electron chi connectivity index (χ3n) is 2.32. The molecule has 0 bridgehead atoms. The molecule has 0 aliphatic heterocycles. The van der Waals surface area contributed by atoms with Crippen LogP contribution in [-0.2, 0) is 0 Å². The van der Waals surface area contributed by atoms with Gasteiger partial charge in [0.05, 0.1) is 12.7 Å². The van der Waals surface area contributed by atoms with Crippen molar-refractivity contribution >= 4 is 0 Å². The Morgan fingerprint density at radius 3 is 2.14 bits per heavy atom. The number of aliphatic hydroxyl groups excluding tert-OH is 4. The van der Waals surface area contributed by atoms with Crippen LogP contribution in [-0.4, -0.2) is 70.4 Å². The Balaban J connectivity index is 3.77. The van der Waals surface area contributed by atoms with Crippen molar-refractivity contribution in [1.29, 1.82) is 0 Å². The van der Waals surface area contributed by atoms with E-state index < -0.39 is 24.9 Å². The maximum atomic E-state index is 9.42.